The van der Waals surface area contributed by atoms with Crippen LogP contribution in [-0.4, -0.2) is 11.8 Å². The molecule has 0 aromatic heterocycles. The fourth-order valence-corrected chi connectivity index (χ4v) is 2.28. The highest BCUT2D eigenvalue weighted by Gasteiger charge is 2.27. The molecular weight excluding hydrogens is 270 g/mol. The van der Waals surface area contributed by atoms with Crippen LogP contribution in [0.5, 0.6) is 0 Å². The van der Waals surface area contributed by atoms with Crippen molar-refractivity contribution >= 4 is 28.3 Å². The fraction of sp³-hybridized carbons (Fsp3) is 0.353. The Balaban J connectivity index is 2.28. The summed E-state index contributed by atoms with van der Waals surface area (Å²) in [5.74, 6) is 0.286. The second kappa shape index (κ2) is 5.84. The lowest BCUT2D eigenvalue weighted by molar-refractivity contribution is -0.129. The fourth-order valence-electron chi connectivity index (χ4n) is 2.16. The number of carbonyl (C=O) groups is 1. The molecule has 0 heterocycles. The molecular formula is C17H20ClNO. The summed E-state index contributed by atoms with van der Waals surface area (Å²) < 4.78 is 0. The van der Waals surface area contributed by atoms with Gasteiger partial charge in [-0.2, -0.15) is 0 Å². The summed E-state index contributed by atoms with van der Waals surface area (Å²) in [6, 6.07) is 14.3. The van der Waals surface area contributed by atoms with Crippen molar-refractivity contribution in [3.8, 4) is 0 Å². The molecule has 2 aromatic carbocycles. The lowest BCUT2D eigenvalue weighted by Gasteiger charge is -2.24. The van der Waals surface area contributed by atoms with Gasteiger partial charge in [0.05, 0.1) is 11.5 Å². The molecule has 0 radical (unpaired) electrons. The molecule has 1 N–H and O–H groups in total. The number of hydrogen-bond acceptors (Lipinski definition) is 1. The normalized spacial score (nSPS) is 13.2. The van der Waals surface area contributed by atoms with E-state index in [0.717, 1.165) is 5.56 Å². The predicted octanol–water partition coefficient (Wildman–Crippen LogP) is 4.28. The largest absolute Gasteiger partial charge is 0.349 e. The van der Waals surface area contributed by atoms with Crippen molar-refractivity contribution in [1.82, 2.24) is 5.32 Å². The van der Waals surface area contributed by atoms with Crippen molar-refractivity contribution < 1.29 is 4.79 Å². The minimum atomic E-state index is -0.555. The summed E-state index contributed by atoms with van der Waals surface area (Å²) in [4.78, 5) is 12.2. The maximum Gasteiger partial charge on any atom is 0.227 e. The van der Waals surface area contributed by atoms with Gasteiger partial charge in [-0.1, -0.05) is 42.5 Å². The first kappa shape index (κ1) is 14.9. The molecule has 0 spiro atoms. The molecule has 0 aliphatic carbocycles. The van der Waals surface area contributed by atoms with Crippen LogP contribution in [0.4, 0.5) is 0 Å². The lowest BCUT2D eigenvalue weighted by atomic mass is 9.93. The van der Waals surface area contributed by atoms with Crippen LogP contribution in [0, 0.1) is 5.41 Å². The number of alkyl halides is 1. The first-order valence-electron chi connectivity index (χ1n) is 6.80. The van der Waals surface area contributed by atoms with Crippen LogP contribution in [0.15, 0.2) is 42.5 Å². The average molecular weight is 290 g/mol. The zero-order chi connectivity index (χ0) is 14.8. The van der Waals surface area contributed by atoms with Crippen molar-refractivity contribution in [2.45, 2.75) is 26.8 Å². The van der Waals surface area contributed by atoms with Gasteiger partial charge in [0, 0.05) is 5.88 Å². The van der Waals surface area contributed by atoms with Gasteiger partial charge in [-0.25, -0.2) is 0 Å². The summed E-state index contributed by atoms with van der Waals surface area (Å²) in [6.07, 6.45) is 0. The summed E-state index contributed by atoms with van der Waals surface area (Å²) >= 11 is 5.85. The van der Waals surface area contributed by atoms with E-state index in [4.69, 9.17) is 11.6 Å². The van der Waals surface area contributed by atoms with Crippen LogP contribution in [0.3, 0.4) is 0 Å². The Morgan fingerprint density at radius 1 is 1.20 bits per heavy atom. The predicted molar refractivity (Wildman–Crippen MR) is 85.0 cm³/mol. The minimum absolute atomic E-state index is 0.0204. The monoisotopic (exact) mass is 289 g/mol. The zero-order valence-corrected chi connectivity index (χ0v) is 12.9. The van der Waals surface area contributed by atoms with E-state index in [1.807, 2.05) is 39.0 Å². The first-order chi connectivity index (χ1) is 9.45. The maximum atomic E-state index is 12.2. The molecule has 20 heavy (non-hydrogen) atoms. The van der Waals surface area contributed by atoms with E-state index in [1.54, 1.807) is 0 Å². The molecule has 2 rings (SSSR count). The Labute approximate surface area is 125 Å². The van der Waals surface area contributed by atoms with Gasteiger partial charge in [0.2, 0.25) is 5.91 Å². The summed E-state index contributed by atoms with van der Waals surface area (Å²) in [5.41, 5.74) is 0.572. The van der Waals surface area contributed by atoms with E-state index in [2.05, 4.69) is 29.6 Å². The molecule has 3 heteroatoms. The number of carbonyl (C=O) groups excluding carboxylic acids is 1. The van der Waals surface area contributed by atoms with E-state index in [-0.39, 0.29) is 11.9 Å². The first-order valence-corrected chi connectivity index (χ1v) is 7.34. The van der Waals surface area contributed by atoms with Crippen molar-refractivity contribution in [2.24, 2.45) is 5.41 Å². The van der Waals surface area contributed by atoms with Gasteiger partial charge >= 0.3 is 0 Å². The zero-order valence-electron chi connectivity index (χ0n) is 12.1. The smallest absolute Gasteiger partial charge is 0.227 e. The molecule has 2 aromatic rings. The lowest BCUT2D eigenvalue weighted by Crippen LogP contribution is -2.39. The van der Waals surface area contributed by atoms with Crippen LogP contribution >= 0.6 is 11.6 Å². The van der Waals surface area contributed by atoms with Gasteiger partial charge < -0.3 is 5.32 Å². The van der Waals surface area contributed by atoms with E-state index >= 15 is 0 Å². The molecule has 0 saturated carbocycles. The number of amides is 1. The van der Waals surface area contributed by atoms with E-state index in [0.29, 0.717) is 5.88 Å². The Morgan fingerprint density at radius 3 is 2.55 bits per heavy atom. The van der Waals surface area contributed by atoms with E-state index < -0.39 is 5.41 Å². The molecule has 0 aliphatic heterocycles. The Hall–Kier alpha value is -1.54. The van der Waals surface area contributed by atoms with Crippen LogP contribution < -0.4 is 5.32 Å². The van der Waals surface area contributed by atoms with E-state index in [1.165, 1.54) is 10.8 Å². The molecule has 1 amide bonds. The molecule has 2 nitrogen and oxygen atoms in total. The third-order valence-electron chi connectivity index (χ3n) is 3.59. The van der Waals surface area contributed by atoms with Crippen LogP contribution in [-0.2, 0) is 4.79 Å². The quantitative estimate of drug-likeness (QED) is 0.836. The number of fused-ring (bicyclic) bond motifs is 1. The number of halogens is 1. The Bertz CT molecular complexity index is 616. The molecule has 0 saturated heterocycles. The highest BCUT2D eigenvalue weighted by molar-refractivity contribution is 6.19. The number of hydrogen-bond donors (Lipinski definition) is 1. The standard InChI is InChI=1S/C17H20ClNO/c1-12(19-16(20)17(2,3)11-18)14-10-6-8-13-7-4-5-9-15(13)14/h4-10,12H,11H2,1-3H3,(H,19,20). The van der Waals surface area contributed by atoms with Crippen molar-refractivity contribution in [1.29, 1.82) is 0 Å². The average Bonchev–Trinajstić information content (AvgIpc) is 2.46. The number of benzene rings is 2. The van der Waals surface area contributed by atoms with Crippen molar-refractivity contribution in [2.75, 3.05) is 5.88 Å². The summed E-state index contributed by atoms with van der Waals surface area (Å²) in [5, 5.41) is 5.41. The molecule has 1 unspecified atom stereocenters. The highest BCUT2D eigenvalue weighted by atomic mass is 35.5. The third kappa shape index (κ3) is 2.96. The summed E-state index contributed by atoms with van der Waals surface area (Å²) in [7, 11) is 0. The van der Waals surface area contributed by atoms with Gasteiger partial charge in [-0.05, 0) is 37.1 Å². The van der Waals surface area contributed by atoms with Crippen LogP contribution in [0.2, 0.25) is 0 Å². The molecule has 0 bridgehead atoms. The van der Waals surface area contributed by atoms with Crippen molar-refractivity contribution in [3.63, 3.8) is 0 Å². The molecule has 0 fully saturated rings. The third-order valence-corrected chi connectivity index (χ3v) is 4.25. The van der Waals surface area contributed by atoms with Gasteiger partial charge in [-0.15, -0.1) is 11.6 Å². The van der Waals surface area contributed by atoms with Gasteiger partial charge in [0.1, 0.15) is 0 Å². The topological polar surface area (TPSA) is 29.1 Å². The van der Waals surface area contributed by atoms with Gasteiger partial charge in [0.15, 0.2) is 0 Å². The minimum Gasteiger partial charge on any atom is -0.349 e. The van der Waals surface area contributed by atoms with E-state index in [9.17, 15) is 4.79 Å². The molecule has 1 atom stereocenters. The number of rotatable bonds is 4. The van der Waals surface area contributed by atoms with Gasteiger partial charge in [0.25, 0.3) is 0 Å². The second-order valence-electron chi connectivity index (χ2n) is 5.78. The second-order valence-corrected chi connectivity index (χ2v) is 6.05. The number of nitrogens with one attached hydrogen (secondary N) is 1. The van der Waals surface area contributed by atoms with Crippen LogP contribution in [0.25, 0.3) is 10.8 Å². The van der Waals surface area contributed by atoms with Crippen LogP contribution in [0.1, 0.15) is 32.4 Å². The van der Waals surface area contributed by atoms with Gasteiger partial charge in [-0.3, -0.25) is 4.79 Å². The summed E-state index contributed by atoms with van der Waals surface area (Å²) in [6.45, 7) is 5.71. The maximum absolute atomic E-state index is 12.2. The SMILES string of the molecule is CC(NC(=O)C(C)(C)CCl)c1cccc2ccccc12. The van der Waals surface area contributed by atoms with Crippen molar-refractivity contribution in [3.05, 3.63) is 48.0 Å². The Kier molecular flexibility index (Phi) is 4.34. The molecule has 0 aliphatic rings. The molecule has 106 valence electrons. The highest BCUT2D eigenvalue weighted by Crippen LogP contribution is 2.25. The Morgan fingerprint density at radius 2 is 1.85 bits per heavy atom.